The molecule has 312 valence electrons. The van der Waals surface area contributed by atoms with E-state index in [1.165, 1.54) is 11.3 Å². The van der Waals surface area contributed by atoms with E-state index in [2.05, 4.69) is 18.7 Å². The number of carbonyl (C=O) groups is 2. The van der Waals surface area contributed by atoms with Crippen LogP contribution in [-0.4, -0.2) is 92.0 Å². The number of thiazole rings is 1. The second kappa shape index (κ2) is 19.0. The van der Waals surface area contributed by atoms with Crippen LogP contribution < -0.4 is 10.5 Å². The molecule has 0 bridgehead atoms. The molecule has 0 saturated carbocycles. The molecule has 5 aromatic rings. The molecule has 12 nitrogen and oxygen atoms in total. The molecule has 2 heterocycles. The summed E-state index contributed by atoms with van der Waals surface area (Å²) >= 11 is 1.37. The van der Waals surface area contributed by atoms with Crippen LogP contribution in [-0.2, 0) is 23.9 Å². The van der Waals surface area contributed by atoms with E-state index in [-0.39, 0.29) is 54.2 Å². The Balaban J connectivity index is 1.60. The molecule has 0 aliphatic rings. The first-order valence-electron chi connectivity index (χ1n) is 20.2. The summed E-state index contributed by atoms with van der Waals surface area (Å²) in [6.07, 6.45) is 0.452. The molecule has 0 unspecified atom stereocenters. The minimum Gasteiger partial charge on any atom is -0.460 e. The second-order valence-electron chi connectivity index (χ2n) is 15.2. The van der Waals surface area contributed by atoms with Gasteiger partial charge in [-0.2, -0.15) is 13.1 Å². The number of esters is 1. The normalized spacial score (nSPS) is 12.3. The van der Waals surface area contributed by atoms with Gasteiger partial charge in [0, 0.05) is 60.9 Å². The molecule has 0 radical (unpaired) electrons. The SMILES string of the molecule is CCN(CC)c1ccc2c(-c3ccccc3C(=O)N(CCCC(=O)OC(C)(C)C)CCCS(=O)(=O)O[N+](CC)(CC)CC)c(-c3nc4ccccc4s3)c(=O)oc2c1. The number of hydrogen-bond donors (Lipinski definition) is 0. The van der Waals surface area contributed by atoms with Crippen molar-refractivity contribution in [3.63, 3.8) is 0 Å². The number of amides is 1. The minimum atomic E-state index is -3.95. The topological polar surface area (TPSA) is 136 Å². The number of quaternary nitrogens is 1. The first-order chi connectivity index (χ1) is 27.6. The Bertz CT molecular complexity index is 2350. The van der Waals surface area contributed by atoms with Crippen molar-refractivity contribution in [2.45, 2.75) is 80.3 Å². The fourth-order valence-corrected chi connectivity index (χ4v) is 9.51. The molecule has 58 heavy (non-hydrogen) atoms. The zero-order valence-corrected chi connectivity index (χ0v) is 36.6. The molecule has 5 rings (SSSR count). The van der Waals surface area contributed by atoms with Crippen LogP contribution in [0.2, 0.25) is 0 Å². The van der Waals surface area contributed by atoms with E-state index in [1.54, 1.807) is 37.8 Å². The highest BCUT2D eigenvalue weighted by Crippen LogP contribution is 2.41. The largest absolute Gasteiger partial charge is 0.460 e. The molecule has 0 atom stereocenters. The summed E-state index contributed by atoms with van der Waals surface area (Å²) in [5.74, 6) is -1.07. The standard InChI is InChI=1S/C44H57N4O8S2/c1-9-46(10-2)31-25-26-34-36(30-31)54-43(51)40(41-45-35-22-16-17-23-37(35)57-41)39(34)32-20-14-15-21-33(32)42(50)47(27-18-24-38(49)55-44(6,7)8)28-19-29-58(52,53)56-48(11-3,12-4)13-5/h14-17,20-23,25-26,30H,9-13,18-19,24,27-29H2,1-8H3/q+1. The van der Waals surface area contributed by atoms with Gasteiger partial charge in [-0.1, -0.05) is 34.6 Å². The van der Waals surface area contributed by atoms with Crippen molar-refractivity contribution in [1.29, 1.82) is 0 Å². The molecule has 0 saturated heterocycles. The third-order valence-corrected chi connectivity index (χ3v) is 12.7. The minimum absolute atomic E-state index is 0.0271. The summed E-state index contributed by atoms with van der Waals surface area (Å²) in [5.41, 5.74) is 2.31. The third kappa shape index (κ3) is 10.5. The van der Waals surface area contributed by atoms with Crippen LogP contribution >= 0.6 is 11.3 Å². The lowest BCUT2D eigenvalue weighted by Crippen LogP contribution is -2.49. The quantitative estimate of drug-likeness (QED) is 0.0344. The predicted octanol–water partition coefficient (Wildman–Crippen LogP) is 8.68. The molecule has 14 heteroatoms. The second-order valence-corrected chi connectivity index (χ2v) is 17.9. The molecule has 0 aliphatic carbocycles. The van der Waals surface area contributed by atoms with E-state index in [0.717, 1.165) is 29.0 Å². The number of carbonyl (C=O) groups excluding carboxylic acids is 2. The van der Waals surface area contributed by atoms with Crippen LogP contribution in [0.15, 0.2) is 75.9 Å². The third-order valence-electron chi connectivity index (χ3n) is 10.3. The van der Waals surface area contributed by atoms with Crippen LogP contribution in [0, 0.1) is 0 Å². The van der Waals surface area contributed by atoms with Crippen molar-refractivity contribution in [2.24, 2.45) is 0 Å². The number of aromatic nitrogens is 1. The van der Waals surface area contributed by atoms with E-state index in [9.17, 15) is 22.8 Å². The van der Waals surface area contributed by atoms with Gasteiger partial charge in [-0.05, 0) is 104 Å². The maximum absolute atomic E-state index is 14.9. The van der Waals surface area contributed by atoms with E-state index in [1.807, 2.05) is 75.4 Å². The zero-order valence-electron chi connectivity index (χ0n) is 35.0. The highest BCUT2D eigenvalue weighted by Gasteiger charge is 2.32. The van der Waals surface area contributed by atoms with Gasteiger partial charge in [0.25, 0.3) is 5.91 Å². The van der Waals surface area contributed by atoms with Gasteiger partial charge in [0.15, 0.2) is 0 Å². The lowest BCUT2D eigenvalue weighted by atomic mass is 9.92. The summed E-state index contributed by atoms with van der Waals surface area (Å²) in [6.45, 7) is 18.4. The van der Waals surface area contributed by atoms with Gasteiger partial charge in [0.05, 0.1) is 16.0 Å². The number of hydroxylamine groups is 3. The van der Waals surface area contributed by atoms with Gasteiger partial charge < -0.3 is 19.0 Å². The van der Waals surface area contributed by atoms with Gasteiger partial charge in [-0.15, -0.1) is 11.3 Å². The summed E-state index contributed by atoms with van der Waals surface area (Å²) in [7, 11) is -3.95. The van der Waals surface area contributed by atoms with Crippen LogP contribution in [0.3, 0.4) is 0 Å². The average Bonchev–Trinajstić information content (AvgIpc) is 3.62. The van der Waals surface area contributed by atoms with Crippen LogP contribution in [0.25, 0.3) is 42.9 Å². The predicted molar refractivity (Wildman–Crippen MR) is 232 cm³/mol. The number of nitrogens with zero attached hydrogens (tertiary/aromatic N) is 4. The van der Waals surface area contributed by atoms with Crippen molar-refractivity contribution < 1.29 is 36.1 Å². The smallest absolute Gasteiger partial charge is 0.347 e. The monoisotopic (exact) mass is 833 g/mol. The molecule has 2 aromatic heterocycles. The number of anilines is 1. The molecule has 3 aromatic carbocycles. The lowest BCUT2D eigenvalue weighted by Gasteiger charge is -2.31. The van der Waals surface area contributed by atoms with Gasteiger partial charge >= 0.3 is 21.7 Å². The van der Waals surface area contributed by atoms with Crippen molar-refractivity contribution >= 4 is 60.2 Å². The number of fused-ring (bicyclic) bond motifs is 2. The Labute approximate surface area is 346 Å². The first kappa shape index (κ1) is 44.5. The fourth-order valence-electron chi connectivity index (χ4n) is 7.15. The summed E-state index contributed by atoms with van der Waals surface area (Å²) < 4.78 is 44.7. The maximum atomic E-state index is 14.9. The average molecular weight is 834 g/mol. The Morgan fingerprint density at radius 3 is 2.17 bits per heavy atom. The number of para-hydroxylation sites is 1. The van der Waals surface area contributed by atoms with Gasteiger partial charge in [0.2, 0.25) is 0 Å². The highest BCUT2D eigenvalue weighted by molar-refractivity contribution is 7.86. The molecule has 0 N–H and O–H groups in total. The van der Waals surface area contributed by atoms with Crippen LogP contribution in [0.5, 0.6) is 0 Å². The van der Waals surface area contributed by atoms with Crippen molar-refractivity contribution in [3.05, 3.63) is 82.7 Å². The summed E-state index contributed by atoms with van der Waals surface area (Å²) in [4.78, 5) is 50.4. The van der Waals surface area contributed by atoms with Crippen LogP contribution in [0.4, 0.5) is 5.69 Å². The van der Waals surface area contributed by atoms with E-state index >= 15 is 0 Å². The number of rotatable bonds is 19. The number of ether oxygens (including phenoxy) is 1. The molecular formula is C44H57N4O8S2+. The molecule has 0 spiro atoms. The Morgan fingerprint density at radius 1 is 0.862 bits per heavy atom. The van der Waals surface area contributed by atoms with Gasteiger partial charge in [-0.3, -0.25) is 9.59 Å². The van der Waals surface area contributed by atoms with Crippen molar-refractivity contribution in [3.8, 4) is 21.7 Å². The van der Waals surface area contributed by atoms with E-state index < -0.39 is 27.3 Å². The maximum Gasteiger partial charge on any atom is 0.347 e. The van der Waals surface area contributed by atoms with Gasteiger partial charge in [-0.25, -0.2) is 9.78 Å². The van der Waals surface area contributed by atoms with Crippen molar-refractivity contribution in [2.75, 3.05) is 56.5 Å². The van der Waals surface area contributed by atoms with E-state index in [4.69, 9.17) is 18.4 Å². The Morgan fingerprint density at radius 2 is 1.52 bits per heavy atom. The lowest BCUT2D eigenvalue weighted by molar-refractivity contribution is -1.08. The molecule has 0 fully saturated rings. The highest BCUT2D eigenvalue weighted by atomic mass is 32.2. The molecule has 0 aliphatic heterocycles. The number of benzene rings is 3. The van der Waals surface area contributed by atoms with Crippen LogP contribution in [0.1, 0.15) is 85.0 Å². The Kier molecular flexibility index (Phi) is 14.5. The summed E-state index contributed by atoms with van der Waals surface area (Å²) in [6, 6.07) is 20.5. The van der Waals surface area contributed by atoms with Crippen molar-refractivity contribution in [1.82, 2.24) is 9.88 Å². The summed E-state index contributed by atoms with van der Waals surface area (Å²) in [5, 5.41) is 1.09. The molecule has 1 amide bonds. The first-order valence-corrected chi connectivity index (χ1v) is 22.6. The van der Waals surface area contributed by atoms with E-state index in [0.29, 0.717) is 52.3 Å². The molecular weight excluding hydrogens is 777 g/mol. The fraction of sp³-hybridized carbons (Fsp3) is 0.455. The Hall–Kier alpha value is -4.63. The zero-order chi connectivity index (χ0) is 42.3. The number of hydrogen-bond acceptors (Lipinski definition) is 11. The van der Waals surface area contributed by atoms with Gasteiger partial charge in [0.1, 0.15) is 41.4 Å².